The van der Waals surface area contributed by atoms with Gasteiger partial charge in [0.15, 0.2) is 0 Å². The molecule has 6 N–H and O–H groups in total. The minimum Gasteiger partial charge on any atom is -0.508 e. The average molecular weight is 390 g/mol. The van der Waals surface area contributed by atoms with Crippen molar-refractivity contribution in [1.82, 2.24) is 0 Å². The summed E-state index contributed by atoms with van der Waals surface area (Å²) < 4.78 is 10.8. The molecule has 1 fully saturated rings. The van der Waals surface area contributed by atoms with Crippen LogP contribution in [0.5, 0.6) is 17.2 Å². The van der Waals surface area contributed by atoms with Crippen LogP contribution < -0.4 is 4.74 Å². The number of hydrogen-bond acceptors (Lipinski definition) is 8. The Morgan fingerprint density at radius 3 is 2.18 bits per heavy atom. The van der Waals surface area contributed by atoms with E-state index in [-0.39, 0.29) is 17.2 Å². The lowest BCUT2D eigenvalue weighted by molar-refractivity contribution is -0.277. The maximum absolute atomic E-state index is 10.1. The monoisotopic (exact) mass is 390 g/mol. The summed E-state index contributed by atoms with van der Waals surface area (Å²) in [7, 11) is 0. The van der Waals surface area contributed by atoms with Gasteiger partial charge in [0, 0.05) is 6.07 Å². The zero-order valence-corrected chi connectivity index (χ0v) is 14.8. The number of hydrogen-bond donors (Lipinski definition) is 6. The van der Waals surface area contributed by atoms with E-state index in [1.165, 1.54) is 12.1 Å². The molecule has 0 aromatic heterocycles. The van der Waals surface area contributed by atoms with Gasteiger partial charge in [-0.15, -0.1) is 0 Å². The van der Waals surface area contributed by atoms with Gasteiger partial charge in [-0.1, -0.05) is 24.3 Å². The molecular weight excluding hydrogens is 368 g/mol. The van der Waals surface area contributed by atoms with Crippen LogP contribution in [0.2, 0.25) is 0 Å². The summed E-state index contributed by atoms with van der Waals surface area (Å²) >= 11 is 0. The lowest BCUT2D eigenvalue weighted by atomic mass is 9.99. The molecule has 0 amide bonds. The quantitative estimate of drug-likeness (QED) is 0.405. The Hall–Kier alpha value is -2.62. The third-order valence-corrected chi connectivity index (χ3v) is 4.38. The van der Waals surface area contributed by atoms with Crippen molar-refractivity contribution in [2.75, 3.05) is 6.61 Å². The van der Waals surface area contributed by atoms with Crippen molar-refractivity contribution < 1.29 is 40.1 Å². The van der Waals surface area contributed by atoms with Crippen molar-refractivity contribution in [1.29, 1.82) is 0 Å². The van der Waals surface area contributed by atoms with Gasteiger partial charge in [-0.3, -0.25) is 0 Å². The number of phenolic OH excluding ortho intramolecular Hbond substituents is 2. The number of phenols is 2. The highest BCUT2D eigenvalue weighted by Crippen LogP contribution is 2.28. The van der Waals surface area contributed by atoms with Crippen LogP contribution in [-0.2, 0) is 4.74 Å². The van der Waals surface area contributed by atoms with Gasteiger partial charge in [-0.05, 0) is 35.4 Å². The van der Waals surface area contributed by atoms with E-state index in [1.54, 1.807) is 42.5 Å². The molecule has 0 aliphatic carbocycles. The number of ether oxygens (including phenoxy) is 2. The van der Waals surface area contributed by atoms with Crippen LogP contribution in [0.1, 0.15) is 11.1 Å². The molecule has 0 radical (unpaired) electrons. The third kappa shape index (κ3) is 4.61. The fourth-order valence-corrected chi connectivity index (χ4v) is 2.85. The topological polar surface area (TPSA) is 140 Å². The van der Waals surface area contributed by atoms with E-state index in [0.29, 0.717) is 5.56 Å². The Kier molecular flexibility index (Phi) is 6.18. The molecule has 28 heavy (non-hydrogen) atoms. The van der Waals surface area contributed by atoms with E-state index in [4.69, 9.17) is 9.47 Å². The van der Waals surface area contributed by atoms with Crippen molar-refractivity contribution in [3.63, 3.8) is 0 Å². The standard InChI is InChI=1S/C20H22O8/c21-10-16-17(24)18(25)19(26)20(28-16)27-15-8-12(7-14(23)9-15)2-1-11-3-5-13(22)6-4-11/h1-9,16-26H,10H2/t16-,17+,18+,19-,20+/m0/s1. The summed E-state index contributed by atoms with van der Waals surface area (Å²) in [5.41, 5.74) is 1.42. The molecule has 0 bridgehead atoms. The number of aliphatic hydroxyl groups excluding tert-OH is 4. The first-order chi connectivity index (χ1) is 13.4. The third-order valence-electron chi connectivity index (χ3n) is 4.38. The van der Waals surface area contributed by atoms with Gasteiger partial charge in [0.1, 0.15) is 41.7 Å². The van der Waals surface area contributed by atoms with E-state index in [2.05, 4.69) is 0 Å². The van der Waals surface area contributed by atoms with E-state index in [0.717, 1.165) is 5.56 Å². The highest BCUT2D eigenvalue weighted by molar-refractivity contribution is 5.71. The normalized spacial score (nSPS) is 27.8. The largest absolute Gasteiger partial charge is 0.508 e. The molecule has 0 unspecified atom stereocenters. The second-order valence-corrected chi connectivity index (χ2v) is 6.50. The molecule has 1 aliphatic heterocycles. The van der Waals surface area contributed by atoms with Crippen LogP contribution in [0, 0.1) is 0 Å². The van der Waals surface area contributed by atoms with Crippen LogP contribution >= 0.6 is 0 Å². The number of aliphatic hydroxyl groups is 4. The Balaban J connectivity index is 1.76. The molecule has 2 aromatic carbocycles. The minimum absolute atomic E-state index is 0.0903. The van der Waals surface area contributed by atoms with Gasteiger partial charge in [-0.2, -0.15) is 0 Å². The molecule has 0 spiro atoms. The van der Waals surface area contributed by atoms with Crippen LogP contribution in [-0.4, -0.2) is 68.0 Å². The van der Waals surface area contributed by atoms with E-state index in [1.807, 2.05) is 0 Å². The van der Waals surface area contributed by atoms with Gasteiger partial charge in [0.2, 0.25) is 6.29 Å². The minimum atomic E-state index is -1.55. The molecule has 2 aromatic rings. The lowest BCUT2D eigenvalue weighted by Gasteiger charge is -2.39. The first-order valence-electron chi connectivity index (χ1n) is 8.65. The fourth-order valence-electron chi connectivity index (χ4n) is 2.85. The maximum atomic E-state index is 10.1. The fraction of sp³-hybridized carbons (Fsp3) is 0.300. The molecule has 0 saturated carbocycles. The molecule has 1 heterocycles. The number of rotatable bonds is 5. The zero-order valence-electron chi connectivity index (χ0n) is 14.8. The van der Waals surface area contributed by atoms with Gasteiger partial charge < -0.3 is 40.1 Å². The number of aromatic hydroxyl groups is 2. The summed E-state index contributed by atoms with van der Waals surface area (Å²) in [6.07, 6.45) is -3.52. The van der Waals surface area contributed by atoms with Crippen molar-refractivity contribution in [3.05, 3.63) is 53.6 Å². The molecule has 8 heteroatoms. The summed E-state index contributed by atoms with van der Waals surface area (Å²) in [5, 5.41) is 58.2. The maximum Gasteiger partial charge on any atom is 0.229 e. The summed E-state index contributed by atoms with van der Waals surface area (Å²) in [4.78, 5) is 0. The first-order valence-corrected chi connectivity index (χ1v) is 8.65. The molecule has 1 saturated heterocycles. The predicted octanol–water partition coefficient (Wildman–Crippen LogP) is 0.447. The number of benzene rings is 2. The van der Waals surface area contributed by atoms with Gasteiger partial charge in [0.25, 0.3) is 0 Å². The van der Waals surface area contributed by atoms with Gasteiger partial charge in [-0.25, -0.2) is 0 Å². The second kappa shape index (κ2) is 8.59. The summed E-state index contributed by atoms with van der Waals surface area (Å²) in [5.74, 6) is 0.229. The Bertz CT molecular complexity index is 817. The molecule has 5 atom stereocenters. The SMILES string of the molecule is OC[C@@H]1O[C@@H](Oc2cc(O)cc(C=Cc3ccc(O)cc3)c2)[C@@H](O)[C@H](O)[C@@H]1O. The van der Waals surface area contributed by atoms with Crippen LogP contribution in [0.25, 0.3) is 12.2 Å². The van der Waals surface area contributed by atoms with Gasteiger partial charge >= 0.3 is 0 Å². The molecule has 3 rings (SSSR count). The van der Waals surface area contributed by atoms with Crippen molar-refractivity contribution in [2.24, 2.45) is 0 Å². The van der Waals surface area contributed by atoms with Crippen molar-refractivity contribution in [3.8, 4) is 17.2 Å². The molecule has 8 nitrogen and oxygen atoms in total. The van der Waals surface area contributed by atoms with E-state index in [9.17, 15) is 30.6 Å². The Labute approximate surface area is 161 Å². The molecule has 150 valence electrons. The van der Waals surface area contributed by atoms with Crippen molar-refractivity contribution >= 4 is 12.2 Å². The smallest absolute Gasteiger partial charge is 0.229 e. The average Bonchev–Trinajstić information content (AvgIpc) is 2.67. The van der Waals surface area contributed by atoms with Crippen molar-refractivity contribution in [2.45, 2.75) is 30.7 Å². The second-order valence-electron chi connectivity index (χ2n) is 6.50. The Morgan fingerprint density at radius 1 is 0.821 bits per heavy atom. The van der Waals surface area contributed by atoms with Gasteiger partial charge in [0.05, 0.1) is 6.61 Å². The molecule has 1 aliphatic rings. The summed E-state index contributed by atoms with van der Waals surface area (Å²) in [6, 6.07) is 10.9. The summed E-state index contributed by atoms with van der Waals surface area (Å²) in [6.45, 7) is -0.564. The van der Waals surface area contributed by atoms with E-state index < -0.39 is 37.3 Å². The molecular formula is C20H22O8. The zero-order chi connectivity index (χ0) is 20.3. The Morgan fingerprint density at radius 2 is 1.50 bits per heavy atom. The first kappa shape index (κ1) is 20.1. The van der Waals surface area contributed by atoms with Crippen LogP contribution in [0.3, 0.4) is 0 Å². The van der Waals surface area contributed by atoms with E-state index >= 15 is 0 Å². The van der Waals surface area contributed by atoms with Crippen LogP contribution in [0.15, 0.2) is 42.5 Å². The highest BCUT2D eigenvalue weighted by Gasteiger charge is 2.44. The lowest BCUT2D eigenvalue weighted by Crippen LogP contribution is -2.60. The van der Waals surface area contributed by atoms with Crippen LogP contribution in [0.4, 0.5) is 0 Å². The predicted molar refractivity (Wildman–Crippen MR) is 99.5 cm³/mol. The highest BCUT2D eigenvalue weighted by atomic mass is 16.7.